The third kappa shape index (κ3) is 5.25. The summed E-state index contributed by atoms with van der Waals surface area (Å²) in [4.78, 5) is 29.7. The SMILES string of the molecule is O=C1/C(=C/c2ccccc2)SC(=S)N1CCCCCC(=O)N1CCCc2ccccc21. The Balaban J connectivity index is 1.23. The highest BCUT2D eigenvalue weighted by Crippen LogP contribution is 2.33. The second kappa shape index (κ2) is 10.2. The molecule has 2 heterocycles. The smallest absolute Gasteiger partial charge is 0.266 e. The van der Waals surface area contributed by atoms with Crippen molar-refractivity contribution in [2.45, 2.75) is 38.5 Å². The standard InChI is InChI=1S/C25H26N2O2S2/c28-23(26-17-9-13-20-12-6-7-14-21(20)26)15-5-2-8-16-27-24(29)22(31-25(27)30)18-19-10-3-1-4-11-19/h1,3-4,6-7,10-12,14,18H,2,5,8-9,13,15-17H2/b22-18-. The second-order valence-electron chi connectivity index (χ2n) is 7.83. The zero-order valence-corrected chi connectivity index (χ0v) is 19.1. The first-order valence-corrected chi connectivity index (χ1v) is 12.0. The van der Waals surface area contributed by atoms with E-state index in [-0.39, 0.29) is 11.8 Å². The van der Waals surface area contributed by atoms with Gasteiger partial charge in [0, 0.05) is 25.2 Å². The molecule has 6 heteroatoms. The molecule has 1 saturated heterocycles. The number of para-hydroxylation sites is 1. The molecule has 0 aromatic heterocycles. The fraction of sp³-hybridized carbons (Fsp3) is 0.320. The Morgan fingerprint density at radius 2 is 1.81 bits per heavy atom. The highest BCUT2D eigenvalue weighted by molar-refractivity contribution is 8.26. The van der Waals surface area contributed by atoms with Crippen molar-refractivity contribution in [2.75, 3.05) is 18.0 Å². The predicted molar refractivity (Wildman–Crippen MR) is 132 cm³/mol. The van der Waals surface area contributed by atoms with Gasteiger partial charge in [0.05, 0.1) is 4.91 Å². The van der Waals surface area contributed by atoms with Gasteiger partial charge >= 0.3 is 0 Å². The maximum absolute atomic E-state index is 12.7. The number of thiocarbonyl (C=S) groups is 1. The molecule has 0 aliphatic carbocycles. The molecule has 0 unspecified atom stereocenters. The number of rotatable bonds is 7. The van der Waals surface area contributed by atoms with Crippen molar-refractivity contribution in [1.29, 1.82) is 0 Å². The van der Waals surface area contributed by atoms with E-state index in [1.807, 2.05) is 59.5 Å². The molecule has 2 aromatic rings. The minimum absolute atomic E-state index is 0.0140. The number of carbonyl (C=O) groups excluding carboxylic acids is 2. The molecular weight excluding hydrogens is 424 g/mol. The van der Waals surface area contributed by atoms with E-state index in [4.69, 9.17) is 12.2 Å². The van der Waals surface area contributed by atoms with Crippen molar-refractivity contribution in [3.8, 4) is 0 Å². The first kappa shape index (κ1) is 21.8. The Labute approximate surface area is 193 Å². The van der Waals surface area contributed by atoms with Crippen LogP contribution in [0.4, 0.5) is 5.69 Å². The molecule has 160 valence electrons. The molecule has 2 aromatic carbocycles. The minimum Gasteiger partial charge on any atom is -0.312 e. The first-order valence-electron chi connectivity index (χ1n) is 10.8. The van der Waals surface area contributed by atoms with E-state index >= 15 is 0 Å². The molecule has 0 atom stereocenters. The molecule has 0 N–H and O–H groups in total. The van der Waals surface area contributed by atoms with E-state index in [0.717, 1.165) is 49.9 Å². The lowest BCUT2D eigenvalue weighted by atomic mass is 10.0. The molecule has 0 radical (unpaired) electrons. The minimum atomic E-state index is -0.0140. The summed E-state index contributed by atoms with van der Waals surface area (Å²) in [5.74, 6) is 0.184. The average molecular weight is 451 g/mol. The number of unbranched alkanes of at least 4 members (excludes halogenated alkanes) is 2. The normalized spacial score (nSPS) is 17.4. The molecule has 2 aliphatic heterocycles. The quantitative estimate of drug-likeness (QED) is 0.320. The van der Waals surface area contributed by atoms with Gasteiger partial charge in [-0.1, -0.05) is 78.9 Å². The number of anilines is 1. The summed E-state index contributed by atoms with van der Waals surface area (Å²) in [6.07, 6.45) is 7.07. The van der Waals surface area contributed by atoms with Crippen molar-refractivity contribution in [2.24, 2.45) is 0 Å². The summed E-state index contributed by atoms with van der Waals surface area (Å²) in [5, 5.41) is 0. The van der Waals surface area contributed by atoms with Crippen molar-refractivity contribution in [3.05, 3.63) is 70.6 Å². The molecule has 4 rings (SSSR count). The summed E-state index contributed by atoms with van der Waals surface area (Å²) >= 11 is 6.79. The van der Waals surface area contributed by atoms with Gasteiger partial charge in [0.15, 0.2) is 0 Å². The van der Waals surface area contributed by atoms with Gasteiger partial charge in [0.1, 0.15) is 4.32 Å². The molecule has 0 spiro atoms. The maximum atomic E-state index is 12.7. The van der Waals surface area contributed by atoms with Crippen LogP contribution in [0.15, 0.2) is 59.5 Å². The molecule has 2 aliphatic rings. The highest BCUT2D eigenvalue weighted by atomic mass is 32.2. The van der Waals surface area contributed by atoms with E-state index in [2.05, 4.69) is 6.07 Å². The van der Waals surface area contributed by atoms with Crippen molar-refractivity contribution >= 4 is 51.9 Å². The Hall–Kier alpha value is -2.44. The lowest BCUT2D eigenvalue weighted by molar-refractivity contribution is -0.122. The van der Waals surface area contributed by atoms with Gasteiger partial charge in [-0.05, 0) is 49.0 Å². The largest absolute Gasteiger partial charge is 0.312 e. The topological polar surface area (TPSA) is 40.6 Å². The monoisotopic (exact) mass is 450 g/mol. The van der Waals surface area contributed by atoms with Gasteiger partial charge in [-0.2, -0.15) is 0 Å². The Bertz CT molecular complexity index is 1000. The third-order valence-electron chi connectivity index (χ3n) is 5.65. The lowest BCUT2D eigenvalue weighted by Crippen LogP contribution is -2.35. The van der Waals surface area contributed by atoms with Crippen molar-refractivity contribution in [3.63, 3.8) is 0 Å². The van der Waals surface area contributed by atoms with Crippen LogP contribution in [-0.2, 0) is 16.0 Å². The summed E-state index contributed by atoms with van der Waals surface area (Å²) in [6, 6.07) is 18.0. The first-order chi connectivity index (χ1) is 15.1. The van der Waals surface area contributed by atoms with Gasteiger partial charge in [0.25, 0.3) is 5.91 Å². The van der Waals surface area contributed by atoms with E-state index in [9.17, 15) is 9.59 Å². The predicted octanol–water partition coefficient (Wildman–Crippen LogP) is 5.43. The number of thioether (sulfide) groups is 1. The number of amides is 2. The van der Waals surface area contributed by atoms with Crippen LogP contribution < -0.4 is 4.90 Å². The summed E-state index contributed by atoms with van der Waals surface area (Å²) in [5.41, 5.74) is 3.34. The van der Waals surface area contributed by atoms with Crippen LogP contribution in [-0.4, -0.2) is 34.1 Å². The Kier molecular flexibility index (Phi) is 7.20. The van der Waals surface area contributed by atoms with Gasteiger partial charge in [-0.25, -0.2) is 0 Å². The van der Waals surface area contributed by atoms with E-state index in [0.29, 0.717) is 22.2 Å². The summed E-state index contributed by atoms with van der Waals surface area (Å²) in [6.45, 7) is 1.41. The Morgan fingerprint density at radius 1 is 1.03 bits per heavy atom. The molecule has 0 saturated carbocycles. The van der Waals surface area contributed by atoms with Crippen LogP contribution in [0.5, 0.6) is 0 Å². The van der Waals surface area contributed by atoms with E-state index < -0.39 is 0 Å². The number of nitrogens with zero attached hydrogens (tertiary/aromatic N) is 2. The van der Waals surface area contributed by atoms with Crippen LogP contribution in [0, 0.1) is 0 Å². The Morgan fingerprint density at radius 3 is 2.65 bits per heavy atom. The number of hydrogen-bond acceptors (Lipinski definition) is 4. The van der Waals surface area contributed by atoms with E-state index in [1.165, 1.54) is 17.3 Å². The molecule has 1 fully saturated rings. The molecule has 4 nitrogen and oxygen atoms in total. The van der Waals surface area contributed by atoms with Crippen LogP contribution in [0.2, 0.25) is 0 Å². The molecule has 0 bridgehead atoms. The van der Waals surface area contributed by atoms with Gasteiger partial charge in [-0.15, -0.1) is 0 Å². The maximum Gasteiger partial charge on any atom is 0.266 e. The number of carbonyl (C=O) groups is 2. The number of benzene rings is 2. The van der Waals surface area contributed by atoms with Crippen molar-refractivity contribution < 1.29 is 9.59 Å². The van der Waals surface area contributed by atoms with Gasteiger partial charge in [-0.3, -0.25) is 14.5 Å². The van der Waals surface area contributed by atoms with Crippen LogP contribution in [0.3, 0.4) is 0 Å². The second-order valence-corrected chi connectivity index (χ2v) is 9.51. The lowest BCUT2D eigenvalue weighted by Gasteiger charge is -2.29. The van der Waals surface area contributed by atoms with Crippen LogP contribution in [0.1, 0.15) is 43.2 Å². The number of fused-ring (bicyclic) bond motifs is 1. The number of aryl methyl sites for hydroxylation is 1. The molecule has 31 heavy (non-hydrogen) atoms. The van der Waals surface area contributed by atoms with Crippen LogP contribution >= 0.6 is 24.0 Å². The molecule has 2 amide bonds. The van der Waals surface area contributed by atoms with Crippen LogP contribution in [0.25, 0.3) is 6.08 Å². The fourth-order valence-corrected chi connectivity index (χ4v) is 5.35. The zero-order valence-electron chi connectivity index (χ0n) is 17.5. The zero-order chi connectivity index (χ0) is 21.6. The van der Waals surface area contributed by atoms with Gasteiger partial charge in [0.2, 0.25) is 5.91 Å². The van der Waals surface area contributed by atoms with Crippen molar-refractivity contribution in [1.82, 2.24) is 4.90 Å². The summed E-state index contributed by atoms with van der Waals surface area (Å²) in [7, 11) is 0. The highest BCUT2D eigenvalue weighted by Gasteiger charge is 2.31. The molecular formula is C25H26N2O2S2. The summed E-state index contributed by atoms with van der Waals surface area (Å²) < 4.78 is 0.619. The van der Waals surface area contributed by atoms with Gasteiger partial charge < -0.3 is 4.90 Å². The number of hydrogen-bond donors (Lipinski definition) is 0. The third-order valence-corrected chi connectivity index (χ3v) is 7.03. The fourth-order valence-electron chi connectivity index (χ4n) is 4.04. The average Bonchev–Trinajstić information content (AvgIpc) is 3.06. The van der Waals surface area contributed by atoms with E-state index in [1.54, 1.807) is 4.90 Å².